The number of hydrogen-bond donors (Lipinski definition) is 3. The molecule has 0 bridgehead atoms. The largest absolute Gasteiger partial charge is 0.383 e. The van der Waals surface area contributed by atoms with Crippen LogP contribution in [0.15, 0.2) is 28.8 Å². The van der Waals surface area contributed by atoms with Crippen LogP contribution >= 0.6 is 11.8 Å². The summed E-state index contributed by atoms with van der Waals surface area (Å²) in [4.78, 5) is 16.7. The molecule has 0 aliphatic rings. The van der Waals surface area contributed by atoms with Crippen LogP contribution < -0.4 is 16.8 Å². The van der Waals surface area contributed by atoms with E-state index in [2.05, 4.69) is 39.1 Å². The Hall–Kier alpha value is -1.93. The maximum absolute atomic E-state index is 5.61. The Morgan fingerprint density at radius 3 is 2.25 bits per heavy atom. The van der Waals surface area contributed by atoms with Crippen LogP contribution in [0.3, 0.4) is 0 Å². The molecule has 0 aliphatic carbocycles. The van der Waals surface area contributed by atoms with Gasteiger partial charge in [-0.15, -0.1) is 0 Å². The average Bonchev–Trinajstić information content (AvgIpc) is 2.36. The third-order valence-electron chi connectivity index (χ3n) is 2.32. The van der Waals surface area contributed by atoms with E-state index < -0.39 is 0 Å². The van der Waals surface area contributed by atoms with Gasteiger partial charge in [0.15, 0.2) is 10.3 Å². The summed E-state index contributed by atoms with van der Waals surface area (Å²) in [6, 6.07) is 1.93. The second-order valence-corrected chi connectivity index (χ2v) is 5.45. The predicted octanol–water partition coefficient (Wildman–Crippen LogP) is 1.08. The zero-order chi connectivity index (χ0) is 14.5. The van der Waals surface area contributed by atoms with Crippen molar-refractivity contribution in [1.82, 2.24) is 25.3 Å². The maximum atomic E-state index is 5.61. The number of anilines is 2. The van der Waals surface area contributed by atoms with Gasteiger partial charge in [-0.2, -0.15) is 0 Å². The van der Waals surface area contributed by atoms with Crippen molar-refractivity contribution in [1.29, 1.82) is 0 Å². The fourth-order valence-corrected chi connectivity index (χ4v) is 2.07. The highest BCUT2D eigenvalue weighted by Crippen LogP contribution is 2.22. The van der Waals surface area contributed by atoms with Crippen molar-refractivity contribution in [2.75, 3.05) is 11.5 Å². The zero-order valence-electron chi connectivity index (χ0n) is 11.4. The van der Waals surface area contributed by atoms with E-state index in [1.807, 2.05) is 0 Å². The molecular formula is C12H17N7S. The highest BCUT2D eigenvalue weighted by molar-refractivity contribution is 7.99. The van der Waals surface area contributed by atoms with Crippen LogP contribution in [0.25, 0.3) is 0 Å². The highest BCUT2D eigenvalue weighted by atomic mass is 32.2. The van der Waals surface area contributed by atoms with Gasteiger partial charge >= 0.3 is 0 Å². The summed E-state index contributed by atoms with van der Waals surface area (Å²) in [6.07, 6.45) is 3.56. The first kappa shape index (κ1) is 14.5. The molecule has 0 atom stereocenters. The Bertz CT molecular complexity index is 550. The lowest BCUT2D eigenvalue weighted by Gasteiger charge is -2.07. The van der Waals surface area contributed by atoms with Gasteiger partial charge in [-0.3, -0.25) is 0 Å². The summed E-state index contributed by atoms with van der Waals surface area (Å²) in [6.45, 7) is 4.92. The minimum Gasteiger partial charge on any atom is -0.383 e. The number of nitrogen functional groups attached to an aromatic ring is 2. The molecule has 0 unspecified atom stereocenters. The van der Waals surface area contributed by atoms with E-state index in [0.29, 0.717) is 28.0 Å². The molecule has 0 saturated carbocycles. The standard InChI is InChI=1S/C12H17N7S/c1-7(2)15-4-8-5-16-11(17-6-8)20-12-18-9(13)3-10(14)19-12/h3,5-7,15H,4H2,1-2H3,(H4,13,14,18,19). The molecule has 0 amide bonds. The quantitative estimate of drug-likeness (QED) is 0.701. The number of aromatic nitrogens is 4. The Labute approximate surface area is 121 Å². The van der Waals surface area contributed by atoms with Crippen LogP contribution in [-0.4, -0.2) is 26.0 Å². The van der Waals surface area contributed by atoms with E-state index >= 15 is 0 Å². The third kappa shape index (κ3) is 4.32. The molecular weight excluding hydrogens is 274 g/mol. The van der Waals surface area contributed by atoms with Crippen molar-refractivity contribution in [3.63, 3.8) is 0 Å². The number of rotatable bonds is 5. The molecule has 106 valence electrons. The predicted molar refractivity (Wildman–Crippen MR) is 79.0 cm³/mol. The molecule has 8 heteroatoms. The normalized spacial score (nSPS) is 10.9. The molecule has 0 aliphatic heterocycles. The Morgan fingerprint density at radius 2 is 1.70 bits per heavy atom. The van der Waals surface area contributed by atoms with Crippen molar-refractivity contribution in [2.24, 2.45) is 0 Å². The van der Waals surface area contributed by atoms with Gasteiger partial charge in [0.25, 0.3) is 0 Å². The van der Waals surface area contributed by atoms with Gasteiger partial charge in [-0.05, 0) is 11.8 Å². The lowest BCUT2D eigenvalue weighted by atomic mass is 10.3. The molecule has 0 saturated heterocycles. The SMILES string of the molecule is CC(C)NCc1cnc(Sc2nc(N)cc(N)n2)nc1. The van der Waals surface area contributed by atoms with Crippen molar-refractivity contribution in [2.45, 2.75) is 36.7 Å². The van der Waals surface area contributed by atoms with Crippen molar-refractivity contribution >= 4 is 23.4 Å². The van der Waals surface area contributed by atoms with Crippen LogP contribution in [0.5, 0.6) is 0 Å². The smallest absolute Gasteiger partial charge is 0.199 e. The molecule has 0 aromatic carbocycles. The molecule has 0 radical (unpaired) electrons. The van der Waals surface area contributed by atoms with Gasteiger partial charge in [0.05, 0.1) is 0 Å². The average molecular weight is 291 g/mol. The molecule has 0 fully saturated rings. The first-order valence-corrected chi connectivity index (χ1v) is 6.97. The van der Waals surface area contributed by atoms with Crippen molar-refractivity contribution in [3.05, 3.63) is 24.0 Å². The fourth-order valence-electron chi connectivity index (χ4n) is 1.40. The van der Waals surface area contributed by atoms with Crippen molar-refractivity contribution in [3.8, 4) is 0 Å². The van der Waals surface area contributed by atoms with Gasteiger partial charge < -0.3 is 16.8 Å². The van der Waals surface area contributed by atoms with Crippen LogP contribution in [0, 0.1) is 0 Å². The number of hydrogen-bond acceptors (Lipinski definition) is 8. The minimum atomic E-state index is 0.331. The lowest BCUT2D eigenvalue weighted by Crippen LogP contribution is -2.21. The van der Waals surface area contributed by atoms with E-state index in [-0.39, 0.29) is 0 Å². The number of nitrogens with one attached hydrogen (secondary N) is 1. The van der Waals surface area contributed by atoms with Crippen molar-refractivity contribution < 1.29 is 0 Å². The molecule has 2 aromatic rings. The van der Waals surface area contributed by atoms with Gasteiger partial charge in [-0.1, -0.05) is 13.8 Å². The summed E-state index contributed by atoms with van der Waals surface area (Å²) >= 11 is 1.22. The summed E-state index contributed by atoms with van der Waals surface area (Å²) in [5, 5.41) is 4.30. The van der Waals surface area contributed by atoms with Gasteiger partial charge in [0.2, 0.25) is 0 Å². The van der Waals surface area contributed by atoms with Crippen LogP contribution in [-0.2, 0) is 6.54 Å². The summed E-state index contributed by atoms with van der Waals surface area (Å²) < 4.78 is 0. The van der Waals surface area contributed by atoms with Crippen LogP contribution in [0.4, 0.5) is 11.6 Å². The van der Waals surface area contributed by atoms with E-state index in [1.54, 1.807) is 12.4 Å². The van der Waals surface area contributed by atoms with E-state index in [4.69, 9.17) is 11.5 Å². The molecule has 20 heavy (non-hydrogen) atoms. The highest BCUT2D eigenvalue weighted by Gasteiger charge is 2.06. The summed E-state index contributed by atoms with van der Waals surface area (Å²) in [7, 11) is 0. The zero-order valence-corrected chi connectivity index (χ0v) is 12.2. The Kier molecular flexibility index (Phi) is 4.70. The van der Waals surface area contributed by atoms with E-state index in [0.717, 1.165) is 12.1 Å². The lowest BCUT2D eigenvalue weighted by molar-refractivity contribution is 0.585. The second kappa shape index (κ2) is 6.49. The first-order chi connectivity index (χ1) is 9.52. The molecule has 5 N–H and O–H groups in total. The molecule has 2 rings (SSSR count). The third-order valence-corrected chi connectivity index (χ3v) is 3.08. The minimum absolute atomic E-state index is 0.331. The molecule has 2 heterocycles. The van der Waals surface area contributed by atoms with Gasteiger partial charge in [0, 0.05) is 36.6 Å². The molecule has 0 spiro atoms. The molecule has 2 aromatic heterocycles. The van der Waals surface area contributed by atoms with Gasteiger partial charge in [0.1, 0.15) is 11.6 Å². The van der Waals surface area contributed by atoms with Crippen LogP contribution in [0.2, 0.25) is 0 Å². The fraction of sp³-hybridized carbons (Fsp3) is 0.333. The topological polar surface area (TPSA) is 116 Å². The maximum Gasteiger partial charge on any atom is 0.199 e. The Morgan fingerprint density at radius 1 is 1.10 bits per heavy atom. The van der Waals surface area contributed by atoms with E-state index in [1.165, 1.54) is 17.8 Å². The van der Waals surface area contributed by atoms with Gasteiger partial charge in [-0.25, -0.2) is 19.9 Å². The molecule has 7 nitrogen and oxygen atoms in total. The number of nitrogens with zero attached hydrogens (tertiary/aromatic N) is 4. The summed E-state index contributed by atoms with van der Waals surface area (Å²) in [5.41, 5.74) is 12.2. The first-order valence-electron chi connectivity index (χ1n) is 6.15. The summed E-state index contributed by atoms with van der Waals surface area (Å²) in [5.74, 6) is 0.663. The van der Waals surface area contributed by atoms with E-state index in [9.17, 15) is 0 Å². The van der Waals surface area contributed by atoms with Crippen LogP contribution in [0.1, 0.15) is 19.4 Å². The number of nitrogens with two attached hydrogens (primary N) is 2. The monoisotopic (exact) mass is 291 g/mol. The Balaban J connectivity index is 2.03. The second-order valence-electron chi connectivity index (χ2n) is 4.51.